The smallest absolute Gasteiger partial charge is 0.261 e. The van der Waals surface area contributed by atoms with E-state index in [0.717, 1.165) is 24.3 Å². The van der Waals surface area contributed by atoms with Crippen LogP contribution in [0.5, 0.6) is 17.2 Å². The van der Waals surface area contributed by atoms with Crippen molar-refractivity contribution in [2.75, 3.05) is 31.4 Å². The zero-order chi connectivity index (χ0) is 24.2. The third-order valence-electron chi connectivity index (χ3n) is 4.52. The second kappa shape index (κ2) is 9.97. The number of hydrogen-bond acceptors (Lipinski definition) is 6. The number of carbonyl (C=O) groups excluding carboxylic acids is 1. The molecule has 2 N–H and O–H groups in total. The van der Waals surface area contributed by atoms with E-state index in [1.807, 2.05) is 0 Å². The summed E-state index contributed by atoms with van der Waals surface area (Å²) in [4.78, 5) is 12.7. The van der Waals surface area contributed by atoms with Crippen molar-refractivity contribution >= 4 is 38.9 Å². The first-order valence-electron chi connectivity index (χ1n) is 9.37. The average Bonchev–Trinajstić information content (AvgIpc) is 2.79. The number of carbonyl (C=O) groups is 1. The van der Waals surface area contributed by atoms with Gasteiger partial charge in [0.25, 0.3) is 15.9 Å². The fraction of sp³-hybridized carbons (Fsp3) is 0.136. The van der Waals surface area contributed by atoms with Crippen LogP contribution in [0.1, 0.15) is 10.4 Å². The largest absolute Gasteiger partial charge is 0.493 e. The first kappa shape index (κ1) is 24.1. The first-order chi connectivity index (χ1) is 15.7. The third-order valence-corrected chi connectivity index (χ3v) is 6.23. The van der Waals surface area contributed by atoms with Gasteiger partial charge in [0.1, 0.15) is 5.82 Å². The van der Waals surface area contributed by atoms with Crippen molar-refractivity contribution in [1.29, 1.82) is 0 Å². The number of benzene rings is 3. The van der Waals surface area contributed by atoms with Gasteiger partial charge in [-0.1, -0.05) is 11.6 Å². The van der Waals surface area contributed by atoms with E-state index in [2.05, 4.69) is 10.0 Å². The molecule has 0 saturated carbocycles. The van der Waals surface area contributed by atoms with Crippen molar-refractivity contribution < 1.29 is 31.8 Å². The summed E-state index contributed by atoms with van der Waals surface area (Å²) in [5, 5.41) is 2.76. The molecular formula is C22H20ClFN2O6S. The lowest BCUT2D eigenvalue weighted by Crippen LogP contribution is -2.15. The Kier molecular flexibility index (Phi) is 7.29. The maximum Gasteiger partial charge on any atom is 0.261 e. The van der Waals surface area contributed by atoms with Crippen LogP contribution in [0.4, 0.5) is 15.8 Å². The van der Waals surface area contributed by atoms with Gasteiger partial charge in [-0.3, -0.25) is 9.52 Å². The summed E-state index contributed by atoms with van der Waals surface area (Å²) in [6, 6.07) is 11.5. The molecule has 0 spiro atoms. The van der Waals surface area contributed by atoms with E-state index in [1.54, 1.807) is 12.1 Å². The quantitative estimate of drug-likeness (QED) is 0.476. The van der Waals surface area contributed by atoms with Crippen LogP contribution in [0.3, 0.4) is 0 Å². The van der Waals surface area contributed by atoms with Crippen LogP contribution in [-0.2, 0) is 10.0 Å². The lowest BCUT2D eigenvalue weighted by Gasteiger charge is -2.15. The van der Waals surface area contributed by atoms with E-state index in [9.17, 15) is 17.6 Å². The zero-order valence-corrected chi connectivity index (χ0v) is 19.4. The molecule has 1 amide bonds. The van der Waals surface area contributed by atoms with Crippen LogP contribution >= 0.6 is 11.6 Å². The highest BCUT2D eigenvalue weighted by Gasteiger charge is 2.19. The minimum Gasteiger partial charge on any atom is -0.493 e. The number of rotatable bonds is 8. The molecule has 3 rings (SSSR count). The molecule has 8 nitrogen and oxygen atoms in total. The van der Waals surface area contributed by atoms with Gasteiger partial charge >= 0.3 is 0 Å². The highest BCUT2D eigenvalue weighted by molar-refractivity contribution is 7.92. The number of sulfonamides is 1. The summed E-state index contributed by atoms with van der Waals surface area (Å²) in [6.45, 7) is 0. The summed E-state index contributed by atoms with van der Waals surface area (Å²) in [5.41, 5.74) is 0.474. The van der Waals surface area contributed by atoms with Crippen molar-refractivity contribution in [3.8, 4) is 17.2 Å². The predicted molar refractivity (Wildman–Crippen MR) is 123 cm³/mol. The molecule has 0 bridgehead atoms. The van der Waals surface area contributed by atoms with Crippen LogP contribution in [-0.4, -0.2) is 35.7 Å². The van der Waals surface area contributed by atoms with Crippen LogP contribution in [0.15, 0.2) is 59.5 Å². The predicted octanol–water partition coefficient (Wildman–Crippen LogP) is 4.56. The molecule has 3 aromatic rings. The number of amides is 1. The highest BCUT2D eigenvalue weighted by atomic mass is 35.5. The Bertz CT molecular complexity index is 1260. The lowest BCUT2D eigenvalue weighted by molar-refractivity contribution is 0.102. The number of hydrogen-bond donors (Lipinski definition) is 2. The van der Waals surface area contributed by atoms with E-state index in [0.29, 0.717) is 22.9 Å². The molecule has 0 atom stereocenters. The Hall–Kier alpha value is -3.50. The maximum absolute atomic E-state index is 13.1. The summed E-state index contributed by atoms with van der Waals surface area (Å²) in [5.74, 6) is -0.0606. The molecule has 33 heavy (non-hydrogen) atoms. The molecule has 0 saturated heterocycles. The van der Waals surface area contributed by atoms with Gasteiger partial charge in [-0.15, -0.1) is 0 Å². The van der Waals surface area contributed by atoms with Gasteiger partial charge in [0.2, 0.25) is 5.75 Å². The fourth-order valence-electron chi connectivity index (χ4n) is 2.92. The third kappa shape index (κ3) is 5.47. The SMILES string of the molecule is COc1cc(NC(=O)c2ccc(Cl)c(NS(=O)(=O)c3ccc(F)cc3)c2)cc(OC)c1OC. The van der Waals surface area contributed by atoms with Gasteiger partial charge in [-0.2, -0.15) is 0 Å². The van der Waals surface area contributed by atoms with Crippen LogP contribution in [0.2, 0.25) is 5.02 Å². The molecule has 0 fully saturated rings. The van der Waals surface area contributed by atoms with E-state index < -0.39 is 21.7 Å². The van der Waals surface area contributed by atoms with Gasteiger partial charge < -0.3 is 19.5 Å². The number of nitrogens with one attached hydrogen (secondary N) is 2. The standard InChI is InChI=1S/C22H20ClFN2O6S/c1-30-19-11-15(12-20(31-2)21(19)32-3)25-22(27)13-4-9-17(23)18(10-13)26-33(28,29)16-7-5-14(24)6-8-16/h4-12,26H,1-3H3,(H,25,27). The Morgan fingerprint density at radius 3 is 2.06 bits per heavy atom. The molecule has 174 valence electrons. The second-order valence-electron chi connectivity index (χ2n) is 6.62. The molecule has 0 aliphatic heterocycles. The molecule has 3 aromatic carbocycles. The summed E-state index contributed by atoms with van der Waals surface area (Å²) < 4.78 is 56.4. The number of methoxy groups -OCH3 is 3. The summed E-state index contributed by atoms with van der Waals surface area (Å²) >= 11 is 6.13. The molecular weight excluding hydrogens is 475 g/mol. The summed E-state index contributed by atoms with van der Waals surface area (Å²) in [6.07, 6.45) is 0. The molecule has 11 heteroatoms. The van der Waals surface area contributed by atoms with Crippen molar-refractivity contribution in [2.45, 2.75) is 4.90 Å². The van der Waals surface area contributed by atoms with Gasteiger partial charge in [0.15, 0.2) is 11.5 Å². The average molecular weight is 495 g/mol. The van der Waals surface area contributed by atoms with Gasteiger partial charge in [-0.25, -0.2) is 12.8 Å². The molecule has 0 heterocycles. The normalized spacial score (nSPS) is 10.9. The Morgan fingerprint density at radius 2 is 1.52 bits per heavy atom. The number of anilines is 2. The second-order valence-corrected chi connectivity index (χ2v) is 8.71. The zero-order valence-electron chi connectivity index (χ0n) is 17.8. The van der Waals surface area contributed by atoms with Gasteiger partial charge in [0, 0.05) is 23.4 Å². The molecule has 0 aliphatic rings. The van der Waals surface area contributed by atoms with E-state index in [-0.39, 0.29) is 21.2 Å². The monoisotopic (exact) mass is 494 g/mol. The van der Waals surface area contributed by atoms with Crippen molar-refractivity contribution in [3.63, 3.8) is 0 Å². The van der Waals surface area contributed by atoms with Crippen LogP contribution in [0, 0.1) is 5.82 Å². The topological polar surface area (TPSA) is 103 Å². The maximum atomic E-state index is 13.1. The van der Waals surface area contributed by atoms with Crippen LogP contribution in [0.25, 0.3) is 0 Å². The van der Waals surface area contributed by atoms with Crippen molar-refractivity contribution in [2.24, 2.45) is 0 Å². The molecule has 0 radical (unpaired) electrons. The van der Waals surface area contributed by atoms with E-state index >= 15 is 0 Å². The number of halogens is 2. The Morgan fingerprint density at radius 1 is 0.909 bits per heavy atom. The molecule has 0 unspecified atom stereocenters. The van der Waals surface area contributed by atoms with Gasteiger partial charge in [-0.05, 0) is 42.5 Å². The number of ether oxygens (including phenoxy) is 3. The van der Waals surface area contributed by atoms with Crippen LogP contribution < -0.4 is 24.2 Å². The van der Waals surface area contributed by atoms with E-state index in [1.165, 1.54) is 39.5 Å². The fourth-order valence-corrected chi connectivity index (χ4v) is 4.21. The summed E-state index contributed by atoms with van der Waals surface area (Å²) in [7, 11) is 0.292. The molecule has 0 aromatic heterocycles. The van der Waals surface area contributed by atoms with Crippen molar-refractivity contribution in [3.05, 3.63) is 71.0 Å². The highest BCUT2D eigenvalue weighted by Crippen LogP contribution is 2.40. The van der Waals surface area contributed by atoms with Crippen molar-refractivity contribution in [1.82, 2.24) is 0 Å². The van der Waals surface area contributed by atoms with Gasteiger partial charge in [0.05, 0.1) is 36.9 Å². The Balaban J connectivity index is 1.87. The first-order valence-corrected chi connectivity index (χ1v) is 11.2. The minimum atomic E-state index is -4.06. The Labute approximate surface area is 195 Å². The minimum absolute atomic E-state index is 0.0152. The van der Waals surface area contributed by atoms with E-state index in [4.69, 9.17) is 25.8 Å². The molecule has 0 aliphatic carbocycles. The lowest BCUT2D eigenvalue weighted by atomic mass is 10.1.